The van der Waals surface area contributed by atoms with Crippen molar-refractivity contribution in [2.45, 2.75) is 5.03 Å². The van der Waals surface area contributed by atoms with Gasteiger partial charge in [0.05, 0.1) is 36.5 Å². The number of aryl methyl sites for hydroxylation is 1. The molecule has 4 aromatic rings. The molecular weight excluding hydrogens is 468 g/mol. The molecule has 0 saturated carbocycles. The molecule has 0 atom stereocenters. The zero-order chi connectivity index (χ0) is 24.9. The smallest absolute Gasteiger partial charge is 0.300 e. The Hall–Kier alpha value is -4.36. The first-order chi connectivity index (χ1) is 17.0. The third-order valence-corrected chi connectivity index (χ3v) is 6.21. The number of methoxy groups -OCH3 is 2. The van der Waals surface area contributed by atoms with Gasteiger partial charge in [0.25, 0.3) is 5.69 Å². The minimum absolute atomic E-state index is 0.140. The number of carbonyl (C=O) groups is 1. The van der Waals surface area contributed by atoms with Crippen molar-refractivity contribution in [2.75, 3.05) is 20.0 Å². The molecule has 10 heteroatoms. The van der Waals surface area contributed by atoms with Crippen molar-refractivity contribution in [3.63, 3.8) is 0 Å². The van der Waals surface area contributed by atoms with E-state index in [2.05, 4.69) is 20.8 Å². The first-order valence-electron chi connectivity index (χ1n) is 10.4. The lowest BCUT2D eigenvalue weighted by Crippen LogP contribution is -2.37. The fourth-order valence-corrected chi connectivity index (χ4v) is 4.41. The molecule has 0 fully saturated rings. The minimum atomic E-state index is -0.814. The number of carbonyl (C=O) groups excluding carboxylic acids is 1. The van der Waals surface area contributed by atoms with Gasteiger partial charge in [-0.2, -0.15) is 5.26 Å². The van der Waals surface area contributed by atoms with Gasteiger partial charge in [-0.05, 0) is 24.3 Å². The highest BCUT2D eigenvalue weighted by Crippen LogP contribution is 2.40. The average molecular weight is 489 g/mol. The van der Waals surface area contributed by atoms with Crippen LogP contribution in [0.1, 0.15) is 16.1 Å². The number of ketones is 1. The molecule has 2 heterocycles. The lowest BCUT2D eigenvalue weighted by Gasteiger charge is -2.15. The number of ether oxygens (including phenoxy) is 2. The second-order valence-corrected chi connectivity index (χ2v) is 8.29. The molecule has 0 N–H and O–H groups in total. The largest absolute Gasteiger partial charge is 0.539 e. The van der Waals surface area contributed by atoms with Gasteiger partial charge in [-0.3, -0.25) is 4.79 Å². The van der Waals surface area contributed by atoms with Crippen LogP contribution >= 0.6 is 11.8 Å². The summed E-state index contributed by atoms with van der Waals surface area (Å²) >= 11 is 1.06. The highest BCUT2D eigenvalue weighted by atomic mass is 32.2. The van der Waals surface area contributed by atoms with Crippen LogP contribution in [0.15, 0.2) is 64.1 Å². The maximum Gasteiger partial charge on any atom is 0.300 e. The molecule has 0 bridgehead atoms. The van der Waals surface area contributed by atoms with E-state index in [1.165, 1.54) is 7.05 Å². The molecule has 2 aromatic carbocycles. The van der Waals surface area contributed by atoms with Crippen molar-refractivity contribution in [1.82, 2.24) is 10.3 Å². The fourth-order valence-electron chi connectivity index (χ4n) is 3.54. The van der Waals surface area contributed by atoms with Crippen molar-refractivity contribution in [3.05, 3.63) is 65.9 Å². The van der Waals surface area contributed by atoms with E-state index < -0.39 is 11.7 Å². The number of Topliss-reactive ketones (excluding diaryl/α,β-unsaturated/α-hetero) is 1. The normalized spacial score (nSPS) is 10.6. The number of thioether (sulfide) groups is 1. The van der Waals surface area contributed by atoms with E-state index in [-0.39, 0.29) is 17.0 Å². The summed E-state index contributed by atoms with van der Waals surface area (Å²) in [6.45, 7) is 0. The van der Waals surface area contributed by atoms with E-state index >= 15 is 0 Å². The molecule has 35 heavy (non-hydrogen) atoms. The Bertz CT molecular complexity index is 1410. The Labute approximate surface area is 205 Å². The van der Waals surface area contributed by atoms with E-state index in [1.807, 2.05) is 36.4 Å². The summed E-state index contributed by atoms with van der Waals surface area (Å²) in [7, 11) is 4.55. The Morgan fingerprint density at radius 1 is 1.14 bits per heavy atom. The zero-order valence-corrected chi connectivity index (χ0v) is 20.0. The summed E-state index contributed by atoms with van der Waals surface area (Å²) in [4.78, 5) is 17.4. The van der Waals surface area contributed by atoms with E-state index in [0.29, 0.717) is 33.3 Å². The Balaban J connectivity index is 1.85. The quantitative estimate of drug-likeness (QED) is 0.209. The summed E-state index contributed by atoms with van der Waals surface area (Å²) in [5.41, 5.74) is 2.76. The van der Waals surface area contributed by atoms with Crippen LogP contribution in [0.25, 0.3) is 22.4 Å². The number of benzene rings is 2. The van der Waals surface area contributed by atoms with Crippen LogP contribution in [-0.2, 0) is 7.05 Å². The van der Waals surface area contributed by atoms with Crippen molar-refractivity contribution >= 4 is 17.5 Å². The van der Waals surface area contributed by atoms with Crippen LogP contribution in [0, 0.1) is 11.3 Å². The molecule has 176 valence electrons. The molecule has 0 saturated heterocycles. The predicted molar refractivity (Wildman–Crippen MR) is 125 cm³/mol. The zero-order valence-electron chi connectivity index (χ0n) is 19.1. The molecule has 4 rings (SSSR count). The lowest BCUT2D eigenvalue weighted by atomic mass is 9.98. The monoisotopic (exact) mass is 488 g/mol. The first kappa shape index (κ1) is 23.8. The van der Waals surface area contributed by atoms with Gasteiger partial charge in [0, 0.05) is 16.7 Å². The first-order valence-corrected chi connectivity index (χ1v) is 11.4. The molecule has 0 aliphatic rings. The molecule has 0 spiro atoms. The van der Waals surface area contributed by atoms with Crippen molar-refractivity contribution in [3.8, 4) is 45.9 Å². The van der Waals surface area contributed by atoms with Gasteiger partial charge in [-0.15, -0.1) is 0 Å². The second-order valence-electron chi connectivity index (χ2n) is 7.32. The third-order valence-electron chi connectivity index (χ3n) is 5.23. The van der Waals surface area contributed by atoms with Gasteiger partial charge in [-0.25, -0.2) is 4.98 Å². The van der Waals surface area contributed by atoms with Gasteiger partial charge in [-0.1, -0.05) is 46.8 Å². The molecule has 2 aromatic heterocycles. The Morgan fingerprint density at radius 2 is 1.91 bits per heavy atom. The van der Waals surface area contributed by atoms with Gasteiger partial charge < -0.3 is 19.1 Å². The predicted octanol–water partition coefficient (Wildman–Crippen LogP) is 3.17. The summed E-state index contributed by atoms with van der Waals surface area (Å²) in [6, 6.07) is 18.8. The number of hydrogen-bond donors (Lipinski definition) is 0. The highest BCUT2D eigenvalue weighted by Gasteiger charge is 2.25. The van der Waals surface area contributed by atoms with Crippen LogP contribution in [-0.4, -0.2) is 36.0 Å². The van der Waals surface area contributed by atoms with Crippen molar-refractivity contribution in [2.24, 2.45) is 7.05 Å². The Morgan fingerprint density at radius 3 is 2.54 bits per heavy atom. The average Bonchev–Trinajstić information content (AvgIpc) is 3.24. The van der Waals surface area contributed by atoms with Crippen LogP contribution in [0.2, 0.25) is 0 Å². The van der Waals surface area contributed by atoms with Gasteiger partial charge in [0.15, 0.2) is 13.0 Å². The standard InChI is InChI=1S/C25H20N4O5S/c1-29-23(25(31)34-28-29)21(30)14-35-24-19(13-26)17(12-20(27-24)15-7-5-4-6-8-15)18-11-16(32-2)9-10-22(18)33-3/h4-12H,14H2,1-3H3. The fraction of sp³-hybridized carbons (Fsp3) is 0.160. The molecule has 9 nitrogen and oxygen atoms in total. The summed E-state index contributed by atoms with van der Waals surface area (Å²) < 4.78 is 16.6. The molecule has 0 unspecified atom stereocenters. The topological polar surface area (TPSA) is 125 Å². The molecule has 0 aliphatic heterocycles. The number of aromatic nitrogens is 3. The molecule has 0 amide bonds. The van der Waals surface area contributed by atoms with Crippen molar-refractivity contribution < 1.29 is 28.6 Å². The summed E-state index contributed by atoms with van der Waals surface area (Å²) in [6.07, 6.45) is 0. The van der Waals surface area contributed by atoms with E-state index in [4.69, 9.17) is 9.47 Å². The number of rotatable bonds is 8. The summed E-state index contributed by atoms with van der Waals surface area (Å²) in [5, 5.41) is 25.8. The van der Waals surface area contributed by atoms with Crippen LogP contribution in [0.3, 0.4) is 0 Å². The number of hydrogen-bond acceptors (Lipinski definition) is 9. The summed E-state index contributed by atoms with van der Waals surface area (Å²) in [5.74, 6) is -0.299. The molecule has 0 radical (unpaired) electrons. The SMILES string of the molecule is COc1ccc(OC)c(-c2cc(-c3ccccc3)nc(SCC(=O)c3c([O-])on[n+]3C)c2C#N)c1. The van der Waals surface area contributed by atoms with E-state index in [1.54, 1.807) is 32.4 Å². The maximum atomic E-state index is 12.7. The lowest BCUT2D eigenvalue weighted by molar-refractivity contribution is -0.741. The van der Waals surface area contributed by atoms with Crippen LogP contribution < -0.4 is 19.3 Å². The van der Waals surface area contributed by atoms with Crippen molar-refractivity contribution in [1.29, 1.82) is 5.26 Å². The van der Waals surface area contributed by atoms with E-state index in [9.17, 15) is 15.2 Å². The highest BCUT2D eigenvalue weighted by molar-refractivity contribution is 8.00. The number of nitrogens with zero attached hydrogens (tertiary/aromatic N) is 4. The minimum Gasteiger partial charge on any atom is -0.539 e. The molecule has 0 aliphatic carbocycles. The molecular formula is C25H20N4O5S. The second kappa shape index (κ2) is 10.3. The van der Waals surface area contributed by atoms with E-state index in [0.717, 1.165) is 22.0 Å². The number of nitriles is 1. The Kier molecular flexibility index (Phi) is 6.98. The van der Waals surface area contributed by atoms with Gasteiger partial charge in [0.1, 0.15) is 22.6 Å². The van der Waals surface area contributed by atoms with Crippen LogP contribution in [0.5, 0.6) is 17.4 Å². The number of pyridine rings is 1. The van der Waals surface area contributed by atoms with Gasteiger partial charge in [0.2, 0.25) is 5.78 Å². The van der Waals surface area contributed by atoms with Crippen LogP contribution in [0.4, 0.5) is 0 Å². The van der Waals surface area contributed by atoms with Gasteiger partial charge >= 0.3 is 0 Å². The third kappa shape index (κ3) is 4.81. The maximum absolute atomic E-state index is 12.7.